The number of guanidine groups is 1. The van der Waals surface area contributed by atoms with Crippen LogP contribution < -0.4 is 10.6 Å². The molecule has 134 valence electrons. The van der Waals surface area contributed by atoms with Crippen molar-refractivity contribution >= 4 is 52.6 Å². The normalized spacial score (nSPS) is 11.2. The van der Waals surface area contributed by atoms with Crippen LogP contribution in [0.5, 0.6) is 0 Å². The number of rotatable bonds is 8. The van der Waals surface area contributed by atoms with E-state index in [0.29, 0.717) is 0 Å². The number of aliphatic imine (C=N–C) groups is 1. The fourth-order valence-electron chi connectivity index (χ4n) is 2.19. The molecule has 24 heavy (non-hydrogen) atoms. The minimum absolute atomic E-state index is 0. The molecule has 2 heterocycles. The second kappa shape index (κ2) is 11.8. The van der Waals surface area contributed by atoms with Crippen molar-refractivity contribution in [1.29, 1.82) is 0 Å². The Labute approximate surface area is 170 Å². The third-order valence-electron chi connectivity index (χ3n) is 3.31. The molecular formula is C17H27IN4S2. The SMILES string of the molecule is CCNC(=NCc1ccc(C)s1)NCCCCc1nc(C)cs1.I. The highest BCUT2D eigenvalue weighted by Gasteiger charge is 2.01. The first-order chi connectivity index (χ1) is 11.2. The van der Waals surface area contributed by atoms with Crippen LogP contribution in [0.4, 0.5) is 0 Å². The lowest BCUT2D eigenvalue weighted by atomic mass is 10.2. The Kier molecular flexibility index (Phi) is 10.5. The molecule has 0 saturated heterocycles. The van der Waals surface area contributed by atoms with Gasteiger partial charge in [0.2, 0.25) is 0 Å². The van der Waals surface area contributed by atoms with E-state index in [1.807, 2.05) is 11.3 Å². The van der Waals surface area contributed by atoms with E-state index < -0.39 is 0 Å². The van der Waals surface area contributed by atoms with Gasteiger partial charge in [-0.2, -0.15) is 0 Å². The van der Waals surface area contributed by atoms with Crippen LogP contribution in [0, 0.1) is 13.8 Å². The minimum Gasteiger partial charge on any atom is -0.357 e. The smallest absolute Gasteiger partial charge is 0.191 e. The molecule has 2 rings (SSSR count). The van der Waals surface area contributed by atoms with Crippen molar-refractivity contribution in [3.8, 4) is 0 Å². The van der Waals surface area contributed by atoms with Gasteiger partial charge in [-0.15, -0.1) is 46.7 Å². The Morgan fingerprint density at radius 3 is 2.67 bits per heavy atom. The van der Waals surface area contributed by atoms with Crippen molar-refractivity contribution in [1.82, 2.24) is 15.6 Å². The second-order valence-corrected chi connectivity index (χ2v) is 7.79. The van der Waals surface area contributed by atoms with Crippen molar-refractivity contribution in [3.05, 3.63) is 38.0 Å². The minimum atomic E-state index is 0. The Hall–Kier alpha value is -0.670. The lowest BCUT2D eigenvalue weighted by Crippen LogP contribution is -2.37. The predicted octanol–water partition coefficient (Wildman–Crippen LogP) is 4.52. The molecule has 0 bridgehead atoms. The first-order valence-electron chi connectivity index (χ1n) is 8.16. The molecular weight excluding hydrogens is 451 g/mol. The van der Waals surface area contributed by atoms with Crippen molar-refractivity contribution < 1.29 is 0 Å². The molecule has 0 amide bonds. The number of aryl methyl sites for hydroxylation is 3. The van der Waals surface area contributed by atoms with Gasteiger partial charge in [-0.05, 0) is 52.2 Å². The van der Waals surface area contributed by atoms with E-state index in [4.69, 9.17) is 0 Å². The van der Waals surface area contributed by atoms with E-state index >= 15 is 0 Å². The number of thiophene rings is 1. The van der Waals surface area contributed by atoms with E-state index in [1.165, 1.54) is 14.8 Å². The summed E-state index contributed by atoms with van der Waals surface area (Å²) in [4.78, 5) is 11.8. The number of thiazole rings is 1. The number of nitrogens with zero attached hydrogens (tertiary/aromatic N) is 2. The zero-order valence-corrected chi connectivity index (χ0v) is 18.6. The van der Waals surface area contributed by atoms with Crippen LogP contribution in [-0.2, 0) is 13.0 Å². The van der Waals surface area contributed by atoms with Crippen LogP contribution in [0.2, 0.25) is 0 Å². The molecule has 0 fully saturated rings. The van der Waals surface area contributed by atoms with Gasteiger partial charge in [0.05, 0.1) is 11.6 Å². The van der Waals surface area contributed by atoms with Crippen LogP contribution in [0.15, 0.2) is 22.5 Å². The van der Waals surface area contributed by atoms with Gasteiger partial charge < -0.3 is 10.6 Å². The maximum absolute atomic E-state index is 4.65. The average Bonchev–Trinajstić information content (AvgIpc) is 3.13. The Bertz CT molecular complexity index is 622. The van der Waals surface area contributed by atoms with Gasteiger partial charge in [-0.3, -0.25) is 0 Å². The van der Waals surface area contributed by atoms with E-state index in [0.717, 1.165) is 50.6 Å². The Balaban J connectivity index is 0.00000288. The highest BCUT2D eigenvalue weighted by atomic mass is 127. The molecule has 0 radical (unpaired) electrons. The lowest BCUT2D eigenvalue weighted by molar-refractivity contribution is 0.692. The summed E-state index contributed by atoms with van der Waals surface area (Å²) >= 11 is 3.57. The zero-order chi connectivity index (χ0) is 16.5. The molecule has 0 unspecified atom stereocenters. The number of hydrogen-bond donors (Lipinski definition) is 2. The summed E-state index contributed by atoms with van der Waals surface area (Å²) in [6, 6.07) is 4.30. The third-order valence-corrected chi connectivity index (χ3v) is 5.32. The fourth-order valence-corrected chi connectivity index (χ4v) is 3.83. The number of halogens is 1. The third kappa shape index (κ3) is 7.94. The van der Waals surface area contributed by atoms with Gasteiger partial charge in [0.15, 0.2) is 5.96 Å². The first kappa shape index (κ1) is 21.4. The number of aromatic nitrogens is 1. The highest BCUT2D eigenvalue weighted by molar-refractivity contribution is 14.0. The van der Waals surface area contributed by atoms with Crippen molar-refractivity contribution in [2.24, 2.45) is 4.99 Å². The molecule has 2 aromatic heterocycles. The predicted molar refractivity (Wildman–Crippen MR) is 117 cm³/mol. The fraction of sp³-hybridized carbons (Fsp3) is 0.529. The summed E-state index contributed by atoms with van der Waals surface area (Å²) in [5.41, 5.74) is 1.13. The Morgan fingerprint density at radius 2 is 2.04 bits per heavy atom. The van der Waals surface area contributed by atoms with Crippen molar-refractivity contribution in [2.45, 2.75) is 46.6 Å². The molecule has 0 spiro atoms. The van der Waals surface area contributed by atoms with Gasteiger partial charge in [-0.25, -0.2) is 9.98 Å². The zero-order valence-electron chi connectivity index (χ0n) is 14.6. The van der Waals surface area contributed by atoms with Gasteiger partial charge in [0.25, 0.3) is 0 Å². The summed E-state index contributed by atoms with van der Waals surface area (Å²) < 4.78 is 0. The second-order valence-electron chi connectivity index (χ2n) is 5.47. The van der Waals surface area contributed by atoms with Crippen LogP contribution in [0.1, 0.15) is 40.2 Å². The molecule has 7 heteroatoms. The number of hydrogen-bond acceptors (Lipinski definition) is 4. The molecule has 0 aliphatic carbocycles. The summed E-state index contributed by atoms with van der Waals surface area (Å²) in [6.45, 7) is 8.85. The van der Waals surface area contributed by atoms with Crippen LogP contribution in [0.25, 0.3) is 0 Å². The number of unbranched alkanes of at least 4 members (excludes halogenated alkanes) is 1. The van der Waals surface area contributed by atoms with Crippen LogP contribution >= 0.6 is 46.7 Å². The van der Waals surface area contributed by atoms with Gasteiger partial charge >= 0.3 is 0 Å². The first-order valence-corrected chi connectivity index (χ1v) is 9.85. The van der Waals surface area contributed by atoms with Crippen LogP contribution in [0.3, 0.4) is 0 Å². The van der Waals surface area contributed by atoms with Gasteiger partial charge in [0.1, 0.15) is 0 Å². The summed E-state index contributed by atoms with van der Waals surface area (Å²) in [7, 11) is 0. The average molecular weight is 478 g/mol. The van der Waals surface area contributed by atoms with Gasteiger partial charge in [0, 0.05) is 33.9 Å². The van der Waals surface area contributed by atoms with Crippen LogP contribution in [-0.4, -0.2) is 24.0 Å². The summed E-state index contributed by atoms with van der Waals surface area (Å²) in [5, 5.41) is 10.1. The van der Waals surface area contributed by atoms with E-state index in [9.17, 15) is 0 Å². The standard InChI is InChI=1S/C17H26N4S2.HI/c1-4-18-17(20-11-15-9-8-14(3)23-15)19-10-6-5-7-16-21-13(2)12-22-16;/h8-9,12H,4-7,10-11H2,1-3H3,(H2,18,19,20);1H. The van der Waals surface area contributed by atoms with Crippen molar-refractivity contribution in [2.75, 3.05) is 13.1 Å². The Morgan fingerprint density at radius 1 is 1.21 bits per heavy atom. The number of nitrogens with one attached hydrogen (secondary N) is 2. The highest BCUT2D eigenvalue weighted by Crippen LogP contribution is 2.15. The van der Waals surface area contributed by atoms with Crippen molar-refractivity contribution in [3.63, 3.8) is 0 Å². The molecule has 0 aliphatic rings. The molecule has 0 atom stereocenters. The topological polar surface area (TPSA) is 49.3 Å². The largest absolute Gasteiger partial charge is 0.357 e. The van der Waals surface area contributed by atoms with E-state index in [-0.39, 0.29) is 24.0 Å². The van der Waals surface area contributed by atoms with E-state index in [1.54, 1.807) is 11.3 Å². The maximum atomic E-state index is 4.65. The quantitative estimate of drug-likeness (QED) is 0.254. The maximum Gasteiger partial charge on any atom is 0.191 e. The molecule has 2 aromatic rings. The monoisotopic (exact) mass is 478 g/mol. The molecule has 0 aliphatic heterocycles. The molecule has 0 saturated carbocycles. The molecule has 0 aromatic carbocycles. The lowest BCUT2D eigenvalue weighted by Gasteiger charge is -2.10. The van der Waals surface area contributed by atoms with E-state index in [2.05, 4.69) is 58.9 Å². The molecule has 4 nitrogen and oxygen atoms in total. The summed E-state index contributed by atoms with van der Waals surface area (Å²) in [5.74, 6) is 0.906. The summed E-state index contributed by atoms with van der Waals surface area (Å²) in [6.07, 6.45) is 3.35. The molecule has 2 N–H and O–H groups in total. The van der Waals surface area contributed by atoms with Gasteiger partial charge in [-0.1, -0.05) is 0 Å².